The van der Waals surface area contributed by atoms with Gasteiger partial charge in [-0.25, -0.2) is 0 Å². The van der Waals surface area contributed by atoms with Gasteiger partial charge in [-0.2, -0.15) is 0 Å². The van der Waals surface area contributed by atoms with Crippen LogP contribution >= 0.6 is 0 Å². The van der Waals surface area contributed by atoms with Crippen LogP contribution in [0, 0.1) is 0 Å². The van der Waals surface area contributed by atoms with Gasteiger partial charge in [0.15, 0.2) is 11.5 Å². The zero-order valence-electron chi connectivity index (χ0n) is 17.9. The van der Waals surface area contributed by atoms with Gasteiger partial charge in [0.25, 0.3) is 0 Å². The Labute approximate surface area is 172 Å². The van der Waals surface area contributed by atoms with Crippen molar-refractivity contribution in [1.29, 1.82) is 0 Å². The van der Waals surface area contributed by atoms with E-state index in [1.54, 1.807) is 28.4 Å². The van der Waals surface area contributed by atoms with E-state index in [0.29, 0.717) is 36.9 Å². The highest BCUT2D eigenvalue weighted by Gasteiger charge is 2.19. The molecule has 2 aromatic carbocycles. The van der Waals surface area contributed by atoms with E-state index in [4.69, 9.17) is 23.7 Å². The van der Waals surface area contributed by atoms with Crippen molar-refractivity contribution < 1.29 is 33.7 Å². The molecule has 0 aliphatic heterocycles. The molecule has 0 saturated heterocycles. The summed E-state index contributed by atoms with van der Waals surface area (Å²) in [6, 6.07) is 11.5. The maximum absolute atomic E-state index is 10.3. The molecule has 0 heterocycles. The summed E-state index contributed by atoms with van der Waals surface area (Å²) in [5.74, 6) is 2.66. The summed E-state index contributed by atoms with van der Waals surface area (Å²) in [6.45, 7) is 1.93. The van der Waals surface area contributed by atoms with Crippen LogP contribution in [0.25, 0.3) is 0 Å². The summed E-state index contributed by atoms with van der Waals surface area (Å²) in [5.41, 5.74) is 2.02. The highest BCUT2D eigenvalue weighted by Crippen LogP contribution is 2.39. The molecule has 7 nitrogen and oxygen atoms in total. The number of aliphatic hydroxyl groups is 1. The highest BCUT2D eigenvalue weighted by molar-refractivity contribution is 5.55. The van der Waals surface area contributed by atoms with Crippen molar-refractivity contribution in [2.45, 2.75) is 19.3 Å². The van der Waals surface area contributed by atoms with Crippen LogP contribution in [0.5, 0.6) is 23.0 Å². The summed E-state index contributed by atoms with van der Waals surface area (Å²) in [6.07, 6.45) is -0.570. The average molecular weight is 406 g/mol. The second-order valence-corrected chi connectivity index (χ2v) is 6.85. The molecule has 7 heteroatoms. The number of benzene rings is 2. The lowest BCUT2D eigenvalue weighted by Gasteiger charge is -2.21. The Morgan fingerprint density at radius 1 is 0.862 bits per heavy atom. The number of quaternary nitrogens is 1. The summed E-state index contributed by atoms with van der Waals surface area (Å²) in [5, 5.41) is 10.3. The van der Waals surface area contributed by atoms with Gasteiger partial charge in [0.1, 0.15) is 24.9 Å². The Hall–Kier alpha value is -2.48. The minimum atomic E-state index is -0.570. The van der Waals surface area contributed by atoms with Crippen LogP contribution < -0.4 is 23.8 Å². The van der Waals surface area contributed by atoms with Crippen LogP contribution in [-0.4, -0.2) is 59.8 Å². The van der Waals surface area contributed by atoms with Crippen molar-refractivity contribution in [2.24, 2.45) is 0 Å². The molecule has 0 amide bonds. The van der Waals surface area contributed by atoms with Gasteiger partial charge in [-0.3, -0.25) is 0 Å². The van der Waals surface area contributed by atoms with Gasteiger partial charge < -0.3 is 33.7 Å². The normalized spacial score (nSPS) is 12.9. The third-order valence-electron chi connectivity index (χ3n) is 4.60. The lowest BCUT2D eigenvalue weighted by molar-refractivity contribution is -0.897. The van der Waals surface area contributed by atoms with Crippen LogP contribution in [-0.2, 0) is 17.9 Å². The van der Waals surface area contributed by atoms with Crippen molar-refractivity contribution >= 4 is 0 Å². The molecule has 0 radical (unpaired) electrons. The number of rotatable bonds is 12. The van der Waals surface area contributed by atoms with Crippen LogP contribution in [0.2, 0.25) is 0 Å². The van der Waals surface area contributed by atoms with E-state index in [2.05, 4.69) is 0 Å². The van der Waals surface area contributed by atoms with Gasteiger partial charge in [0.2, 0.25) is 5.75 Å². The molecule has 0 aliphatic carbocycles. The van der Waals surface area contributed by atoms with Crippen LogP contribution in [0.1, 0.15) is 11.1 Å². The lowest BCUT2D eigenvalue weighted by Crippen LogP contribution is -3.08. The second kappa shape index (κ2) is 11.5. The monoisotopic (exact) mass is 406 g/mol. The molecule has 0 spiro atoms. The van der Waals surface area contributed by atoms with Crippen LogP contribution in [0.3, 0.4) is 0 Å². The number of methoxy groups -OCH3 is 4. The first-order chi connectivity index (χ1) is 14.0. The van der Waals surface area contributed by atoms with Gasteiger partial charge in [-0.15, -0.1) is 0 Å². The Bertz CT molecular complexity index is 750. The first-order valence-electron chi connectivity index (χ1n) is 9.50. The number of likely N-dealkylation sites (N-methyl/N-ethyl adjacent to an activating group) is 1. The molecule has 0 bridgehead atoms. The maximum atomic E-state index is 10.3. The van der Waals surface area contributed by atoms with Crippen LogP contribution in [0.15, 0.2) is 36.4 Å². The van der Waals surface area contributed by atoms with Gasteiger partial charge in [0, 0.05) is 0 Å². The number of aliphatic hydroxyl groups excluding tert-OH is 1. The van der Waals surface area contributed by atoms with Gasteiger partial charge in [0.05, 0.1) is 54.3 Å². The molecule has 2 rings (SSSR count). The third-order valence-corrected chi connectivity index (χ3v) is 4.60. The molecule has 1 unspecified atom stereocenters. The third kappa shape index (κ3) is 6.52. The van der Waals surface area contributed by atoms with E-state index >= 15 is 0 Å². The van der Waals surface area contributed by atoms with Gasteiger partial charge in [-0.1, -0.05) is 12.1 Å². The van der Waals surface area contributed by atoms with E-state index in [9.17, 15) is 5.11 Å². The first kappa shape index (κ1) is 22.8. The molecule has 160 valence electrons. The number of hydrogen-bond donors (Lipinski definition) is 2. The Kier molecular flexibility index (Phi) is 9.05. The zero-order chi connectivity index (χ0) is 21.2. The minimum absolute atomic E-state index is 0.270. The van der Waals surface area contributed by atoms with E-state index in [1.807, 2.05) is 43.4 Å². The molecule has 0 aliphatic rings. The van der Waals surface area contributed by atoms with Crippen LogP contribution in [0.4, 0.5) is 0 Å². The highest BCUT2D eigenvalue weighted by atomic mass is 16.5. The molecule has 0 saturated carbocycles. The molecule has 29 heavy (non-hydrogen) atoms. The molecule has 2 N–H and O–H groups in total. The van der Waals surface area contributed by atoms with Gasteiger partial charge in [-0.05, 0) is 29.8 Å². The fraction of sp³-hybridized carbons (Fsp3) is 0.455. The summed E-state index contributed by atoms with van der Waals surface area (Å²) >= 11 is 0. The first-order valence-corrected chi connectivity index (χ1v) is 9.50. The predicted octanol–water partition coefficient (Wildman–Crippen LogP) is 1.31. The fourth-order valence-corrected chi connectivity index (χ4v) is 3.20. The van der Waals surface area contributed by atoms with Crippen molar-refractivity contribution in [3.8, 4) is 23.0 Å². The Morgan fingerprint density at radius 2 is 1.55 bits per heavy atom. The van der Waals surface area contributed by atoms with Gasteiger partial charge >= 0.3 is 0 Å². The molecular formula is C22H32NO6+. The molecule has 2 aromatic rings. The number of ether oxygens (including phenoxy) is 5. The van der Waals surface area contributed by atoms with E-state index in [-0.39, 0.29) is 6.61 Å². The number of hydrogen-bond acceptors (Lipinski definition) is 6. The van der Waals surface area contributed by atoms with Crippen molar-refractivity contribution in [2.75, 3.05) is 48.6 Å². The molecule has 0 fully saturated rings. The molecule has 0 aromatic heterocycles. The lowest BCUT2D eigenvalue weighted by atomic mass is 10.1. The van der Waals surface area contributed by atoms with Crippen molar-refractivity contribution in [3.05, 3.63) is 47.5 Å². The maximum Gasteiger partial charge on any atom is 0.203 e. The topological polar surface area (TPSA) is 70.8 Å². The Balaban J connectivity index is 1.85. The SMILES string of the molecule is COc1ccc(COC[C@H](O)C[NH+](C)Cc2ccc(OC)c(OC)c2OC)cc1. The van der Waals surface area contributed by atoms with Crippen molar-refractivity contribution in [1.82, 2.24) is 0 Å². The summed E-state index contributed by atoms with van der Waals surface area (Å²) in [7, 11) is 8.44. The Morgan fingerprint density at radius 3 is 2.14 bits per heavy atom. The minimum Gasteiger partial charge on any atom is -0.497 e. The zero-order valence-corrected chi connectivity index (χ0v) is 17.9. The smallest absolute Gasteiger partial charge is 0.203 e. The quantitative estimate of drug-likeness (QED) is 0.554. The van der Waals surface area contributed by atoms with Crippen molar-refractivity contribution in [3.63, 3.8) is 0 Å². The van der Waals surface area contributed by atoms with E-state index < -0.39 is 6.10 Å². The van der Waals surface area contributed by atoms with E-state index in [0.717, 1.165) is 21.8 Å². The summed E-state index contributed by atoms with van der Waals surface area (Å²) in [4.78, 5) is 1.12. The standard InChI is InChI=1S/C22H31NO6/c1-23(12-17-8-11-20(26-3)22(28-5)21(17)27-4)13-18(24)15-29-14-16-6-9-19(25-2)10-7-16/h6-11,18,24H,12-15H2,1-5H3/p+1/t18-/m1/s1. The largest absolute Gasteiger partial charge is 0.497 e. The molecule has 2 atom stereocenters. The average Bonchev–Trinajstić information content (AvgIpc) is 2.73. The predicted molar refractivity (Wildman–Crippen MR) is 110 cm³/mol. The fourth-order valence-electron chi connectivity index (χ4n) is 3.20. The summed E-state index contributed by atoms with van der Waals surface area (Å²) < 4.78 is 27.1. The second-order valence-electron chi connectivity index (χ2n) is 6.85. The molecular weight excluding hydrogens is 374 g/mol. The van der Waals surface area contributed by atoms with E-state index in [1.165, 1.54) is 0 Å². The number of nitrogens with one attached hydrogen (secondary N) is 1.